The van der Waals surface area contributed by atoms with Crippen molar-refractivity contribution in [2.24, 2.45) is 0 Å². The van der Waals surface area contributed by atoms with E-state index in [4.69, 9.17) is 0 Å². The number of hydrogen-bond donors (Lipinski definition) is 1. The van der Waals surface area contributed by atoms with Gasteiger partial charge in [-0.15, -0.1) is 10.2 Å². The highest BCUT2D eigenvalue weighted by molar-refractivity contribution is 7.14. The van der Waals surface area contributed by atoms with Crippen molar-refractivity contribution in [3.8, 4) is 10.6 Å². The van der Waals surface area contributed by atoms with E-state index in [0.29, 0.717) is 18.7 Å². The highest BCUT2D eigenvalue weighted by atomic mass is 32.1. The second-order valence-corrected chi connectivity index (χ2v) is 8.43. The van der Waals surface area contributed by atoms with E-state index in [-0.39, 0.29) is 17.5 Å². The van der Waals surface area contributed by atoms with Crippen LogP contribution in [0.15, 0.2) is 36.7 Å². The predicted molar refractivity (Wildman–Crippen MR) is 114 cm³/mol. The van der Waals surface area contributed by atoms with E-state index < -0.39 is 6.04 Å². The van der Waals surface area contributed by atoms with Crippen LogP contribution >= 0.6 is 11.3 Å². The third kappa shape index (κ3) is 4.35. The minimum absolute atomic E-state index is 0.200. The fourth-order valence-corrected chi connectivity index (χ4v) is 4.15. The first-order valence-corrected chi connectivity index (χ1v) is 10.6. The molecule has 0 radical (unpaired) electrons. The van der Waals surface area contributed by atoms with Gasteiger partial charge < -0.3 is 10.2 Å². The second-order valence-electron chi connectivity index (χ2n) is 7.25. The highest BCUT2D eigenvalue weighted by Crippen LogP contribution is 2.26. The Bertz CT molecular complexity index is 1070. The zero-order valence-electron chi connectivity index (χ0n) is 16.8. The molecule has 1 saturated heterocycles. The third-order valence-corrected chi connectivity index (χ3v) is 5.86. The molecule has 9 heteroatoms. The van der Waals surface area contributed by atoms with E-state index in [1.165, 1.54) is 17.5 Å². The number of benzene rings is 1. The minimum atomic E-state index is -0.540. The largest absolute Gasteiger partial charge is 0.325 e. The maximum absolute atomic E-state index is 13.1. The molecule has 3 heterocycles. The average Bonchev–Trinajstić information content (AvgIpc) is 3.20. The van der Waals surface area contributed by atoms with Gasteiger partial charge in [0.15, 0.2) is 0 Å². The van der Waals surface area contributed by atoms with Gasteiger partial charge in [-0.25, -0.2) is 4.98 Å². The molecule has 1 aliphatic heterocycles. The normalized spacial score (nSPS) is 16.3. The Labute approximate surface area is 178 Å². The lowest BCUT2D eigenvalue weighted by atomic mass is 10.0. The van der Waals surface area contributed by atoms with E-state index in [2.05, 4.69) is 25.5 Å². The predicted octanol–water partition coefficient (Wildman–Crippen LogP) is 3.25. The molecule has 30 heavy (non-hydrogen) atoms. The van der Waals surface area contributed by atoms with Crippen molar-refractivity contribution < 1.29 is 9.59 Å². The number of nitrogens with one attached hydrogen (secondary N) is 1. The van der Waals surface area contributed by atoms with Crippen LogP contribution in [0.4, 0.5) is 5.69 Å². The smallest absolute Gasteiger partial charge is 0.274 e. The highest BCUT2D eigenvalue weighted by Gasteiger charge is 2.33. The van der Waals surface area contributed by atoms with Crippen LogP contribution in [-0.4, -0.2) is 49.5 Å². The van der Waals surface area contributed by atoms with Crippen molar-refractivity contribution >= 4 is 28.8 Å². The molecule has 0 saturated carbocycles. The molecular formula is C21H22N6O2S. The number of likely N-dealkylation sites (tertiary alicyclic amines) is 1. The summed E-state index contributed by atoms with van der Waals surface area (Å²) in [6, 6.07) is 6.96. The summed E-state index contributed by atoms with van der Waals surface area (Å²) in [5.41, 5.74) is 2.56. The van der Waals surface area contributed by atoms with E-state index in [1.54, 1.807) is 11.1 Å². The van der Waals surface area contributed by atoms with Crippen LogP contribution in [0.2, 0.25) is 0 Å². The van der Waals surface area contributed by atoms with Gasteiger partial charge >= 0.3 is 0 Å². The van der Waals surface area contributed by atoms with Crippen LogP contribution in [0, 0.1) is 13.8 Å². The number of hydrogen-bond acceptors (Lipinski definition) is 7. The van der Waals surface area contributed by atoms with Crippen LogP contribution < -0.4 is 5.32 Å². The molecule has 4 rings (SSSR count). The number of piperidine rings is 1. The van der Waals surface area contributed by atoms with E-state index in [0.717, 1.165) is 34.1 Å². The van der Waals surface area contributed by atoms with Gasteiger partial charge in [-0.3, -0.25) is 14.6 Å². The molecule has 2 aromatic heterocycles. The maximum Gasteiger partial charge on any atom is 0.274 e. The second kappa shape index (κ2) is 8.66. The standard InChI is InChI=1S/C21H22N6O2S/c1-13-11-23-17(12-22-13)21(29)27-9-4-3-8-18(27)19(28)24-16-7-5-6-15(10-16)20-26-25-14(2)30-20/h5-7,10-12,18H,3-4,8-9H2,1-2H3,(H,24,28)/t18-/m1/s1. The number of amides is 2. The summed E-state index contributed by atoms with van der Waals surface area (Å²) in [4.78, 5) is 35.9. The molecule has 1 aliphatic rings. The van der Waals surface area contributed by atoms with Crippen LogP contribution in [0.3, 0.4) is 0 Å². The Morgan fingerprint density at radius 1 is 1.13 bits per heavy atom. The quantitative estimate of drug-likeness (QED) is 0.693. The van der Waals surface area contributed by atoms with Crippen LogP contribution in [-0.2, 0) is 4.79 Å². The lowest BCUT2D eigenvalue weighted by molar-refractivity contribution is -0.121. The molecule has 0 unspecified atom stereocenters. The van der Waals surface area contributed by atoms with E-state index in [1.807, 2.05) is 38.1 Å². The average molecular weight is 423 g/mol. The summed E-state index contributed by atoms with van der Waals surface area (Å²) < 4.78 is 0. The van der Waals surface area contributed by atoms with Crippen LogP contribution in [0.5, 0.6) is 0 Å². The Morgan fingerprint density at radius 2 is 2.00 bits per heavy atom. The van der Waals surface area contributed by atoms with Crippen LogP contribution in [0.1, 0.15) is 40.5 Å². The van der Waals surface area contributed by atoms with Crippen molar-refractivity contribution in [1.82, 2.24) is 25.1 Å². The lowest BCUT2D eigenvalue weighted by Crippen LogP contribution is -2.50. The fourth-order valence-electron chi connectivity index (χ4n) is 3.47. The summed E-state index contributed by atoms with van der Waals surface area (Å²) in [7, 11) is 0. The summed E-state index contributed by atoms with van der Waals surface area (Å²) >= 11 is 1.50. The van der Waals surface area contributed by atoms with Crippen molar-refractivity contribution in [3.63, 3.8) is 0 Å². The third-order valence-electron chi connectivity index (χ3n) is 4.97. The van der Waals surface area contributed by atoms with E-state index in [9.17, 15) is 9.59 Å². The molecule has 8 nitrogen and oxygen atoms in total. The molecule has 3 aromatic rings. The molecule has 1 aromatic carbocycles. The molecule has 1 fully saturated rings. The first kappa shape index (κ1) is 20.1. The molecular weight excluding hydrogens is 400 g/mol. The summed E-state index contributed by atoms with van der Waals surface area (Å²) in [5, 5.41) is 12.9. The zero-order valence-corrected chi connectivity index (χ0v) is 17.6. The number of carbonyl (C=O) groups is 2. The van der Waals surface area contributed by atoms with Crippen molar-refractivity contribution in [1.29, 1.82) is 0 Å². The zero-order chi connectivity index (χ0) is 21.1. The SMILES string of the molecule is Cc1cnc(C(=O)N2CCCC[C@@H]2C(=O)Nc2cccc(-c3nnc(C)s3)c2)cn1. The Balaban J connectivity index is 1.51. The van der Waals surface area contributed by atoms with Gasteiger partial charge in [0.05, 0.1) is 11.9 Å². The molecule has 1 N–H and O–H groups in total. The first-order chi connectivity index (χ1) is 14.5. The first-order valence-electron chi connectivity index (χ1n) is 9.82. The molecule has 154 valence electrons. The van der Waals surface area contributed by atoms with Crippen molar-refractivity contribution in [3.05, 3.63) is 53.1 Å². The summed E-state index contributed by atoms with van der Waals surface area (Å²) in [6.07, 6.45) is 5.40. The van der Waals surface area contributed by atoms with Gasteiger partial charge in [-0.05, 0) is 45.2 Å². The number of nitrogens with zero attached hydrogens (tertiary/aromatic N) is 5. The Kier molecular flexibility index (Phi) is 5.80. The van der Waals surface area contributed by atoms with Gasteiger partial charge in [-0.1, -0.05) is 23.5 Å². The fraction of sp³-hybridized carbons (Fsp3) is 0.333. The molecule has 1 atom stereocenters. The monoisotopic (exact) mass is 422 g/mol. The number of aromatic nitrogens is 4. The van der Waals surface area contributed by atoms with Gasteiger partial charge in [-0.2, -0.15) is 0 Å². The van der Waals surface area contributed by atoms with Crippen LogP contribution in [0.25, 0.3) is 10.6 Å². The van der Waals surface area contributed by atoms with Gasteiger partial charge in [0.25, 0.3) is 5.91 Å². The van der Waals surface area contributed by atoms with Gasteiger partial charge in [0.1, 0.15) is 21.8 Å². The molecule has 0 spiro atoms. The van der Waals surface area contributed by atoms with Crippen molar-refractivity contribution in [2.75, 3.05) is 11.9 Å². The Morgan fingerprint density at radius 3 is 2.73 bits per heavy atom. The number of anilines is 1. The molecule has 0 bridgehead atoms. The minimum Gasteiger partial charge on any atom is -0.325 e. The number of carbonyl (C=O) groups excluding carboxylic acids is 2. The summed E-state index contributed by atoms with van der Waals surface area (Å²) in [6.45, 7) is 4.24. The van der Waals surface area contributed by atoms with Gasteiger partial charge in [0.2, 0.25) is 5.91 Å². The molecule has 2 amide bonds. The maximum atomic E-state index is 13.1. The van der Waals surface area contributed by atoms with E-state index >= 15 is 0 Å². The lowest BCUT2D eigenvalue weighted by Gasteiger charge is -2.34. The topological polar surface area (TPSA) is 101 Å². The Hall–Kier alpha value is -3.20. The summed E-state index contributed by atoms with van der Waals surface area (Å²) in [5.74, 6) is -0.464. The number of aryl methyl sites for hydroxylation is 2. The van der Waals surface area contributed by atoms with Gasteiger partial charge in [0, 0.05) is 24.0 Å². The molecule has 0 aliphatic carbocycles. The van der Waals surface area contributed by atoms with Crippen molar-refractivity contribution in [2.45, 2.75) is 39.2 Å². The number of rotatable bonds is 4.